The van der Waals surface area contributed by atoms with Crippen LogP contribution in [0.5, 0.6) is 0 Å². The van der Waals surface area contributed by atoms with Crippen LogP contribution in [0.25, 0.3) is 10.8 Å². The van der Waals surface area contributed by atoms with Gasteiger partial charge >= 0.3 is 0 Å². The minimum Gasteiger partial charge on any atom is -0.376 e. The van der Waals surface area contributed by atoms with E-state index in [1.807, 2.05) is 31.2 Å². The topological polar surface area (TPSA) is 12.0 Å². The molecule has 3 aromatic rings. The van der Waals surface area contributed by atoms with Gasteiger partial charge in [-0.15, -0.1) is 0 Å². The first kappa shape index (κ1) is 13.6. The number of anilines is 1. The molecule has 0 aromatic heterocycles. The number of hydrogen-bond donors (Lipinski definition) is 1. The van der Waals surface area contributed by atoms with Gasteiger partial charge in [-0.1, -0.05) is 54.6 Å². The van der Waals surface area contributed by atoms with Crippen LogP contribution in [0, 0.1) is 12.7 Å². The molecule has 1 unspecified atom stereocenters. The molecule has 1 N–H and O–H groups in total. The summed E-state index contributed by atoms with van der Waals surface area (Å²) in [5.41, 5.74) is 2.68. The molecule has 0 saturated heterocycles. The van der Waals surface area contributed by atoms with Gasteiger partial charge < -0.3 is 5.32 Å². The van der Waals surface area contributed by atoms with Crippen molar-refractivity contribution in [1.29, 1.82) is 0 Å². The molecule has 0 aliphatic rings. The lowest BCUT2D eigenvalue weighted by Gasteiger charge is -2.19. The molecule has 2 heteroatoms. The maximum absolute atomic E-state index is 14.0. The van der Waals surface area contributed by atoms with E-state index in [1.54, 1.807) is 6.07 Å². The number of rotatable bonds is 3. The first-order chi connectivity index (χ1) is 10.2. The summed E-state index contributed by atoms with van der Waals surface area (Å²) in [4.78, 5) is 0. The van der Waals surface area contributed by atoms with Crippen molar-refractivity contribution in [3.8, 4) is 0 Å². The number of para-hydroxylation sites is 1. The second-order valence-corrected chi connectivity index (χ2v) is 5.37. The lowest BCUT2D eigenvalue weighted by atomic mass is 9.99. The molecule has 21 heavy (non-hydrogen) atoms. The highest BCUT2D eigenvalue weighted by atomic mass is 19.1. The number of nitrogens with one attached hydrogen (secondary N) is 1. The Morgan fingerprint density at radius 3 is 2.43 bits per heavy atom. The van der Waals surface area contributed by atoms with Crippen LogP contribution in [0.4, 0.5) is 10.1 Å². The predicted molar refractivity (Wildman–Crippen MR) is 87.1 cm³/mol. The number of benzene rings is 3. The van der Waals surface area contributed by atoms with Crippen LogP contribution in [0.3, 0.4) is 0 Å². The van der Waals surface area contributed by atoms with E-state index >= 15 is 0 Å². The summed E-state index contributed by atoms with van der Waals surface area (Å²) in [5, 5.41) is 5.72. The number of hydrogen-bond acceptors (Lipinski definition) is 1. The molecule has 0 fully saturated rings. The minimum absolute atomic E-state index is 0.0340. The van der Waals surface area contributed by atoms with Gasteiger partial charge in [-0.05, 0) is 41.8 Å². The van der Waals surface area contributed by atoms with E-state index in [1.165, 1.54) is 22.4 Å². The molecule has 0 aliphatic heterocycles. The SMILES string of the molecule is Cc1cccc(F)c1NC(C)c1cccc2ccccc12. The van der Waals surface area contributed by atoms with Crippen molar-refractivity contribution in [3.63, 3.8) is 0 Å². The molecular weight excluding hydrogens is 261 g/mol. The zero-order valence-electron chi connectivity index (χ0n) is 12.2. The number of halogens is 1. The van der Waals surface area contributed by atoms with Gasteiger partial charge in [0.1, 0.15) is 5.82 Å². The Kier molecular flexibility index (Phi) is 3.61. The molecule has 0 amide bonds. The van der Waals surface area contributed by atoms with Crippen molar-refractivity contribution < 1.29 is 4.39 Å². The third kappa shape index (κ3) is 2.62. The van der Waals surface area contributed by atoms with Crippen molar-refractivity contribution >= 4 is 16.5 Å². The molecule has 3 aromatic carbocycles. The Morgan fingerprint density at radius 2 is 1.62 bits per heavy atom. The van der Waals surface area contributed by atoms with E-state index in [2.05, 4.69) is 36.5 Å². The molecule has 0 aliphatic carbocycles. The fourth-order valence-corrected chi connectivity index (χ4v) is 2.74. The Balaban J connectivity index is 2.00. The second-order valence-electron chi connectivity index (χ2n) is 5.37. The number of fused-ring (bicyclic) bond motifs is 1. The average Bonchev–Trinajstić information content (AvgIpc) is 2.50. The maximum Gasteiger partial charge on any atom is 0.146 e. The molecular formula is C19H18FN. The molecule has 0 bridgehead atoms. The first-order valence-electron chi connectivity index (χ1n) is 7.16. The molecule has 3 rings (SSSR count). The largest absolute Gasteiger partial charge is 0.376 e. The van der Waals surface area contributed by atoms with Crippen molar-refractivity contribution in [2.24, 2.45) is 0 Å². The Hall–Kier alpha value is -2.35. The third-order valence-corrected chi connectivity index (χ3v) is 3.87. The monoisotopic (exact) mass is 279 g/mol. The smallest absolute Gasteiger partial charge is 0.146 e. The van der Waals surface area contributed by atoms with Gasteiger partial charge in [0.05, 0.1) is 5.69 Å². The van der Waals surface area contributed by atoms with Crippen molar-refractivity contribution in [2.45, 2.75) is 19.9 Å². The van der Waals surface area contributed by atoms with Crippen LogP contribution in [0.2, 0.25) is 0 Å². The third-order valence-electron chi connectivity index (χ3n) is 3.87. The van der Waals surface area contributed by atoms with Crippen LogP contribution < -0.4 is 5.32 Å². The zero-order chi connectivity index (χ0) is 14.8. The predicted octanol–water partition coefficient (Wildman–Crippen LogP) is 5.46. The Bertz CT molecular complexity index is 754. The van der Waals surface area contributed by atoms with Crippen LogP contribution >= 0.6 is 0 Å². The summed E-state index contributed by atoms with van der Waals surface area (Å²) < 4.78 is 14.0. The van der Waals surface area contributed by atoms with Crippen LogP contribution in [0.15, 0.2) is 60.7 Å². The van der Waals surface area contributed by atoms with E-state index in [0.717, 1.165) is 5.56 Å². The number of aryl methyl sites for hydroxylation is 1. The van der Waals surface area contributed by atoms with Crippen molar-refractivity contribution in [2.75, 3.05) is 5.32 Å². The molecule has 0 saturated carbocycles. The van der Waals surface area contributed by atoms with E-state index in [9.17, 15) is 4.39 Å². The average molecular weight is 279 g/mol. The van der Waals surface area contributed by atoms with Crippen LogP contribution in [-0.4, -0.2) is 0 Å². The maximum atomic E-state index is 14.0. The second kappa shape index (κ2) is 5.57. The summed E-state index contributed by atoms with van der Waals surface area (Å²) in [6.07, 6.45) is 0. The van der Waals surface area contributed by atoms with Gasteiger partial charge in [0, 0.05) is 6.04 Å². The van der Waals surface area contributed by atoms with E-state index in [-0.39, 0.29) is 11.9 Å². The van der Waals surface area contributed by atoms with Gasteiger partial charge in [-0.25, -0.2) is 4.39 Å². The highest BCUT2D eigenvalue weighted by Crippen LogP contribution is 2.29. The van der Waals surface area contributed by atoms with Crippen LogP contribution in [0.1, 0.15) is 24.1 Å². The fourth-order valence-electron chi connectivity index (χ4n) is 2.74. The molecule has 1 atom stereocenters. The molecule has 0 heterocycles. The summed E-state index contributed by atoms with van der Waals surface area (Å²) in [6.45, 7) is 3.98. The quantitative estimate of drug-likeness (QED) is 0.671. The highest BCUT2D eigenvalue weighted by Gasteiger charge is 2.12. The summed E-state index contributed by atoms with van der Waals surface area (Å²) in [6, 6.07) is 19.7. The van der Waals surface area contributed by atoms with E-state index in [4.69, 9.17) is 0 Å². The molecule has 0 radical (unpaired) electrons. The summed E-state index contributed by atoms with van der Waals surface area (Å²) in [7, 11) is 0. The molecule has 106 valence electrons. The van der Waals surface area contributed by atoms with Gasteiger partial charge in [-0.3, -0.25) is 0 Å². The minimum atomic E-state index is -0.206. The van der Waals surface area contributed by atoms with E-state index in [0.29, 0.717) is 5.69 Å². The normalized spacial score (nSPS) is 12.3. The van der Waals surface area contributed by atoms with Crippen LogP contribution in [-0.2, 0) is 0 Å². The standard InChI is InChI=1S/C19H18FN/c1-13-7-5-12-18(20)19(13)21-14(2)16-11-6-9-15-8-3-4-10-17(15)16/h3-12,14,21H,1-2H3. The lowest BCUT2D eigenvalue weighted by Crippen LogP contribution is -2.09. The summed E-state index contributed by atoms with van der Waals surface area (Å²) >= 11 is 0. The Morgan fingerprint density at radius 1 is 0.905 bits per heavy atom. The van der Waals surface area contributed by atoms with Crippen molar-refractivity contribution in [3.05, 3.63) is 77.6 Å². The van der Waals surface area contributed by atoms with Gasteiger partial charge in [0.25, 0.3) is 0 Å². The lowest BCUT2D eigenvalue weighted by molar-refractivity contribution is 0.626. The molecule has 1 nitrogen and oxygen atoms in total. The van der Waals surface area contributed by atoms with E-state index < -0.39 is 0 Å². The highest BCUT2D eigenvalue weighted by molar-refractivity contribution is 5.86. The van der Waals surface area contributed by atoms with Crippen molar-refractivity contribution in [1.82, 2.24) is 0 Å². The summed E-state index contributed by atoms with van der Waals surface area (Å²) in [5.74, 6) is -0.206. The molecule has 0 spiro atoms. The zero-order valence-corrected chi connectivity index (χ0v) is 12.2. The van der Waals surface area contributed by atoms with Gasteiger partial charge in [0.15, 0.2) is 0 Å². The fraction of sp³-hybridized carbons (Fsp3) is 0.158. The first-order valence-corrected chi connectivity index (χ1v) is 7.16. The van der Waals surface area contributed by atoms with Gasteiger partial charge in [0.2, 0.25) is 0 Å². The van der Waals surface area contributed by atoms with Gasteiger partial charge in [-0.2, -0.15) is 0 Å². The Labute approximate surface area is 124 Å².